The number of carbonyl (C=O) groups is 1. The highest BCUT2D eigenvalue weighted by Crippen LogP contribution is 2.31. The molecule has 1 atom stereocenters. The third kappa shape index (κ3) is 4.30. The first-order valence-electron chi connectivity index (χ1n) is 9.08. The van der Waals surface area contributed by atoms with Crippen molar-refractivity contribution >= 4 is 33.7 Å². The van der Waals surface area contributed by atoms with E-state index in [9.17, 15) is 9.00 Å². The first kappa shape index (κ1) is 20.6. The molecule has 0 aliphatic carbocycles. The molecular weight excluding hydrogens is 384 g/mol. The molecule has 0 N–H and O–H groups in total. The Labute approximate surface area is 173 Å². The molecule has 0 saturated heterocycles. The monoisotopic (exact) mass is 406 g/mol. The number of para-hydroxylation sites is 1. The van der Waals surface area contributed by atoms with Crippen LogP contribution in [-0.2, 0) is 15.7 Å². The number of fused-ring (bicyclic) bond motifs is 1. The van der Waals surface area contributed by atoms with Crippen molar-refractivity contribution in [2.75, 3.05) is 4.31 Å². The number of carbonyl (C=O) groups excluding carboxylic acids is 1. The van der Waals surface area contributed by atoms with Crippen molar-refractivity contribution in [1.29, 1.82) is 0 Å². The minimum atomic E-state index is -1.93. The van der Waals surface area contributed by atoms with Gasteiger partial charge in [0.15, 0.2) is 11.0 Å². The summed E-state index contributed by atoms with van der Waals surface area (Å²) in [7, 11) is -1.93. The zero-order valence-electron chi connectivity index (χ0n) is 16.8. The number of rotatable bonds is 3. The Morgan fingerprint density at radius 1 is 1.14 bits per heavy atom. The lowest BCUT2D eigenvalue weighted by Gasteiger charge is -2.27. The first-order valence-corrected chi connectivity index (χ1v) is 10.2. The van der Waals surface area contributed by atoms with Gasteiger partial charge >= 0.3 is 6.09 Å². The number of aryl methyl sites for hydroxylation is 1. The molecule has 0 spiro atoms. The Balaban J connectivity index is 2.22. The van der Waals surface area contributed by atoms with E-state index in [-0.39, 0.29) is 0 Å². The van der Waals surface area contributed by atoms with Crippen LogP contribution < -0.4 is 4.31 Å². The number of hydrogen-bond acceptors (Lipinski definition) is 4. The molecule has 5 nitrogen and oxygen atoms in total. The van der Waals surface area contributed by atoms with Gasteiger partial charge in [-0.3, -0.25) is 4.98 Å². The summed E-state index contributed by atoms with van der Waals surface area (Å²) in [6.07, 6.45) is 6.53. The molecule has 1 amide bonds. The van der Waals surface area contributed by atoms with Crippen molar-refractivity contribution in [2.24, 2.45) is 0 Å². The highest BCUT2D eigenvalue weighted by atomic mass is 32.2. The number of terminal acetylenes is 1. The lowest BCUT2D eigenvalue weighted by molar-refractivity contribution is 0.0610. The van der Waals surface area contributed by atoms with Crippen LogP contribution >= 0.6 is 0 Å². The number of ether oxygens (including phenoxy) is 1. The molecule has 29 heavy (non-hydrogen) atoms. The number of hydrogen-bond donors (Lipinski definition) is 0. The first-order chi connectivity index (χ1) is 13.7. The van der Waals surface area contributed by atoms with E-state index in [1.165, 1.54) is 0 Å². The van der Waals surface area contributed by atoms with Crippen LogP contribution in [0.25, 0.3) is 10.9 Å². The number of anilines is 1. The Bertz CT molecular complexity index is 1140. The molecule has 1 unspecified atom stereocenters. The van der Waals surface area contributed by atoms with E-state index in [0.29, 0.717) is 21.7 Å². The molecule has 0 aliphatic rings. The zero-order valence-corrected chi connectivity index (χ0v) is 17.6. The minimum Gasteiger partial charge on any atom is -0.443 e. The van der Waals surface area contributed by atoms with Crippen LogP contribution in [-0.4, -0.2) is 20.9 Å². The summed E-state index contributed by atoms with van der Waals surface area (Å²) in [5.41, 5.74) is 1.34. The molecule has 0 aliphatic heterocycles. The molecule has 0 radical (unpaired) electrons. The molecule has 0 bridgehead atoms. The number of aromatic nitrogens is 1. The largest absolute Gasteiger partial charge is 0.443 e. The second-order valence-electron chi connectivity index (χ2n) is 7.47. The topological polar surface area (TPSA) is 59.5 Å². The van der Waals surface area contributed by atoms with Crippen LogP contribution in [0.3, 0.4) is 0 Å². The van der Waals surface area contributed by atoms with Crippen molar-refractivity contribution in [2.45, 2.75) is 38.2 Å². The number of amides is 1. The van der Waals surface area contributed by atoms with Crippen molar-refractivity contribution in [3.05, 3.63) is 65.9 Å². The fourth-order valence-corrected chi connectivity index (χ4v) is 4.23. The van der Waals surface area contributed by atoms with Gasteiger partial charge in [0.25, 0.3) is 0 Å². The predicted molar refractivity (Wildman–Crippen MR) is 116 cm³/mol. The molecule has 0 saturated carbocycles. The van der Waals surface area contributed by atoms with Gasteiger partial charge in [-0.1, -0.05) is 36.3 Å². The lowest BCUT2D eigenvalue weighted by Crippen LogP contribution is -2.38. The van der Waals surface area contributed by atoms with Crippen LogP contribution in [0.5, 0.6) is 0 Å². The normalized spacial score (nSPS) is 12.2. The second-order valence-corrected chi connectivity index (χ2v) is 8.74. The Hall–Kier alpha value is -3.17. The Morgan fingerprint density at radius 3 is 2.55 bits per heavy atom. The van der Waals surface area contributed by atoms with E-state index < -0.39 is 22.7 Å². The number of pyridine rings is 1. The summed E-state index contributed by atoms with van der Waals surface area (Å²) in [4.78, 5) is 18.0. The van der Waals surface area contributed by atoms with Gasteiger partial charge in [-0.05, 0) is 51.5 Å². The molecule has 6 heteroatoms. The van der Waals surface area contributed by atoms with Gasteiger partial charge in [-0.2, -0.15) is 4.31 Å². The van der Waals surface area contributed by atoms with Gasteiger partial charge in [0.05, 0.1) is 16.1 Å². The van der Waals surface area contributed by atoms with Crippen LogP contribution in [0.2, 0.25) is 0 Å². The number of benzene rings is 2. The summed E-state index contributed by atoms with van der Waals surface area (Å²) in [5, 5.41) is 0.829. The fraction of sp³-hybridized carbons (Fsp3) is 0.217. The fourth-order valence-electron chi connectivity index (χ4n) is 2.86. The van der Waals surface area contributed by atoms with Crippen molar-refractivity contribution in [3.63, 3.8) is 0 Å². The van der Waals surface area contributed by atoms with Gasteiger partial charge in [0, 0.05) is 17.1 Å². The average Bonchev–Trinajstić information content (AvgIpc) is 2.67. The highest BCUT2D eigenvalue weighted by Gasteiger charge is 2.32. The molecular formula is C23H22N2O3S. The third-order valence-electron chi connectivity index (χ3n) is 4.10. The third-order valence-corrected chi connectivity index (χ3v) is 5.65. The molecule has 3 rings (SSSR count). The highest BCUT2D eigenvalue weighted by molar-refractivity contribution is 7.87. The zero-order chi connectivity index (χ0) is 21.2. The molecule has 2 aromatic carbocycles. The molecule has 3 aromatic rings. The second kappa shape index (κ2) is 8.06. The molecule has 1 heterocycles. The van der Waals surface area contributed by atoms with Gasteiger partial charge in [-0.15, -0.1) is 6.42 Å². The molecule has 148 valence electrons. The Morgan fingerprint density at radius 2 is 1.86 bits per heavy atom. The average molecular weight is 407 g/mol. The van der Waals surface area contributed by atoms with E-state index >= 15 is 0 Å². The van der Waals surface area contributed by atoms with E-state index in [4.69, 9.17) is 11.2 Å². The standard InChI is InChI=1S/C23H22N2O3S/c1-6-17-10-7-8-12-19(17)25(22(26)28-23(3,4)5)29(27)21-16(2)13-14-18-11-9-15-24-20(18)21/h1,7-15H,2-5H3. The van der Waals surface area contributed by atoms with Crippen LogP contribution in [0.1, 0.15) is 31.9 Å². The summed E-state index contributed by atoms with van der Waals surface area (Å²) >= 11 is 0. The van der Waals surface area contributed by atoms with Crippen LogP contribution in [0, 0.1) is 19.3 Å². The minimum absolute atomic E-state index is 0.343. The SMILES string of the molecule is C#Cc1ccccc1N(C(=O)OC(C)(C)C)S(=O)c1c(C)ccc2cccnc12. The predicted octanol–water partition coefficient (Wildman–Crippen LogP) is 4.99. The molecule has 1 aromatic heterocycles. The lowest BCUT2D eigenvalue weighted by atomic mass is 10.1. The summed E-state index contributed by atoms with van der Waals surface area (Å²) in [6, 6.07) is 14.3. The van der Waals surface area contributed by atoms with Crippen LogP contribution in [0.4, 0.5) is 10.5 Å². The quantitative estimate of drug-likeness (QED) is 0.575. The maximum Gasteiger partial charge on any atom is 0.427 e. The summed E-state index contributed by atoms with van der Waals surface area (Å²) < 4.78 is 20.5. The maximum absolute atomic E-state index is 13.8. The van der Waals surface area contributed by atoms with Gasteiger partial charge < -0.3 is 4.74 Å². The van der Waals surface area contributed by atoms with E-state index in [0.717, 1.165) is 15.3 Å². The maximum atomic E-state index is 13.8. The van der Waals surface area contributed by atoms with Crippen molar-refractivity contribution in [3.8, 4) is 12.3 Å². The van der Waals surface area contributed by atoms with E-state index in [1.807, 2.05) is 31.2 Å². The summed E-state index contributed by atoms with van der Waals surface area (Å²) in [5.74, 6) is 2.55. The van der Waals surface area contributed by atoms with Gasteiger partial charge in [0.1, 0.15) is 5.60 Å². The number of nitrogens with zero attached hydrogens (tertiary/aromatic N) is 2. The van der Waals surface area contributed by atoms with Gasteiger partial charge in [0.2, 0.25) is 0 Å². The van der Waals surface area contributed by atoms with Crippen molar-refractivity contribution in [1.82, 2.24) is 4.98 Å². The Kier molecular flexibility index (Phi) is 5.71. The molecule has 0 fully saturated rings. The van der Waals surface area contributed by atoms with Gasteiger partial charge in [-0.25, -0.2) is 9.00 Å². The smallest absolute Gasteiger partial charge is 0.427 e. The van der Waals surface area contributed by atoms with E-state index in [1.54, 1.807) is 51.2 Å². The van der Waals surface area contributed by atoms with Crippen molar-refractivity contribution < 1.29 is 13.7 Å². The van der Waals surface area contributed by atoms with E-state index in [2.05, 4.69) is 10.9 Å². The van der Waals surface area contributed by atoms with Crippen LogP contribution in [0.15, 0.2) is 59.6 Å². The summed E-state index contributed by atoms with van der Waals surface area (Å²) in [6.45, 7) is 7.10.